The number of nitrogens with one attached hydrogen (secondary N) is 1. The Bertz CT molecular complexity index is 800. The number of halogens is 1. The summed E-state index contributed by atoms with van der Waals surface area (Å²) in [4.78, 5) is 20.0. The maximum absolute atomic E-state index is 12.9. The van der Waals surface area contributed by atoms with Crippen molar-refractivity contribution in [3.63, 3.8) is 0 Å². The van der Waals surface area contributed by atoms with E-state index >= 15 is 0 Å². The fourth-order valence-electron chi connectivity index (χ4n) is 3.22. The molecule has 0 bridgehead atoms. The highest BCUT2D eigenvalue weighted by Crippen LogP contribution is 2.26. The lowest BCUT2D eigenvalue weighted by atomic mass is 9.98. The van der Waals surface area contributed by atoms with E-state index in [4.69, 9.17) is 21.3 Å². The van der Waals surface area contributed by atoms with Gasteiger partial charge in [-0.25, -0.2) is 4.98 Å². The maximum atomic E-state index is 12.9. The smallest absolute Gasteiger partial charge is 0.253 e. The van der Waals surface area contributed by atoms with Crippen LogP contribution in [0.4, 0.5) is 5.82 Å². The standard InChI is InChI=1S/C21H26ClN3O2/c1-14(2)20-19(21(26)23-13-16-4-6-17(22)7-5-16)15(3)12-18(24-20)25-8-10-27-11-9-25/h4-7,12,14H,8-11,13H2,1-3H3,(H,23,26). The van der Waals surface area contributed by atoms with Crippen LogP contribution in [-0.2, 0) is 11.3 Å². The topological polar surface area (TPSA) is 54.5 Å². The van der Waals surface area contributed by atoms with Crippen molar-refractivity contribution in [2.75, 3.05) is 31.2 Å². The summed E-state index contributed by atoms with van der Waals surface area (Å²) in [7, 11) is 0. The van der Waals surface area contributed by atoms with E-state index in [2.05, 4.69) is 24.1 Å². The van der Waals surface area contributed by atoms with Gasteiger partial charge in [-0.3, -0.25) is 4.79 Å². The van der Waals surface area contributed by atoms with E-state index < -0.39 is 0 Å². The number of benzene rings is 1. The fraction of sp³-hybridized carbons (Fsp3) is 0.429. The number of amides is 1. The molecule has 6 heteroatoms. The van der Waals surface area contributed by atoms with Crippen LogP contribution >= 0.6 is 11.6 Å². The van der Waals surface area contributed by atoms with Gasteiger partial charge < -0.3 is 15.0 Å². The molecule has 144 valence electrons. The van der Waals surface area contributed by atoms with Gasteiger partial charge in [0.05, 0.1) is 24.5 Å². The molecule has 1 aliphatic rings. The number of morpholine rings is 1. The summed E-state index contributed by atoms with van der Waals surface area (Å²) in [5.74, 6) is 0.988. The number of hydrogen-bond acceptors (Lipinski definition) is 4. The normalized spacial score (nSPS) is 14.5. The second-order valence-electron chi connectivity index (χ2n) is 7.12. The lowest BCUT2D eigenvalue weighted by Crippen LogP contribution is -2.37. The molecule has 1 aliphatic heterocycles. The number of carbonyl (C=O) groups excluding carboxylic acids is 1. The molecule has 2 heterocycles. The van der Waals surface area contributed by atoms with Gasteiger partial charge in [0.1, 0.15) is 5.82 Å². The van der Waals surface area contributed by atoms with Crippen LogP contribution < -0.4 is 10.2 Å². The molecule has 0 unspecified atom stereocenters. The van der Waals surface area contributed by atoms with Crippen LogP contribution in [0.25, 0.3) is 0 Å². The minimum atomic E-state index is -0.0906. The van der Waals surface area contributed by atoms with Crippen LogP contribution in [0.3, 0.4) is 0 Å². The quantitative estimate of drug-likeness (QED) is 0.844. The zero-order valence-corrected chi connectivity index (χ0v) is 16.8. The third kappa shape index (κ3) is 4.79. The van der Waals surface area contributed by atoms with E-state index in [1.807, 2.05) is 37.3 Å². The average Bonchev–Trinajstić information content (AvgIpc) is 2.67. The van der Waals surface area contributed by atoms with Crippen molar-refractivity contribution in [1.29, 1.82) is 0 Å². The van der Waals surface area contributed by atoms with Crippen molar-refractivity contribution in [2.24, 2.45) is 0 Å². The van der Waals surface area contributed by atoms with E-state index in [1.165, 1.54) is 0 Å². The van der Waals surface area contributed by atoms with Gasteiger partial charge >= 0.3 is 0 Å². The minimum Gasteiger partial charge on any atom is -0.378 e. The highest BCUT2D eigenvalue weighted by Gasteiger charge is 2.22. The van der Waals surface area contributed by atoms with E-state index in [0.29, 0.717) is 30.3 Å². The summed E-state index contributed by atoms with van der Waals surface area (Å²) in [5, 5.41) is 3.70. The fourth-order valence-corrected chi connectivity index (χ4v) is 3.35. The molecule has 1 aromatic carbocycles. The summed E-state index contributed by atoms with van der Waals surface area (Å²) < 4.78 is 5.43. The molecule has 1 fully saturated rings. The summed E-state index contributed by atoms with van der Waals surface area (Å²) in [6.07, 6.45) is 0. The van der Waals surface area contributed by atoms with Crippen molar-refractivity contribution in [3.05, 3.63) is 57.7 Å². The van der Waals surface area contributed by atoms with Crippen molar-refractivity contribution in [3.8, 4) is 0 Å². The first kappa shape index (κ1) is 19.6. The number of anilines is 1. The van der Waals surface area contributed by atoms with E-state index in [9.17, 15) is 4.79 Å². The van der Waals surface area contributed by atoms with Crippen LogP contribution in [-0.4, -0.2) is 37.2 Å². The Morgan fingerprint density at radius 2 is 1.93 bits per heavy atom. The van der Waals surface area contributed by atoms with Crippen LogP contribution in [0.2, 0.25) is 5.02 Å². The van der Waals surface area contributed by atoms with Crippen LogP contribution in [0, 0.1) is 6.92 Å². The molecule has 0 saturated carbocycles. The van der Waals surface area contributed by atoms with Crippen LogP contribution in [0.1, 0.15) is 46.9 Å². The average molecular weight is 388 g/mol. The molecule has 2 aromatic rings. The van der Waals surface area contributed by atoms with E-state index in [0.717, 1.165) is 35.7 Å². The highest BCUT2D eigenvalue weighted by atomic mass is 35.5. The first-order chi connectivity index (χ1) is 13.0. The highest BCUT2D eigenvalue weighted by molar-refractivity contribution is 6.30. The lowest BCUT2D eigenvalue weighted by molar-refractivity contribution is 0.0948. The number of hydrogen-bond donors (Lipinski definition) is 1. The minimum absolute atomic E-state index is 0.0906. The van der Waals surface area contributed by atoms with Gasteiger partial charge in [-0.05, 0) is 42.2 Å². The zero-order valence-electron chi connectivity index (χ0n) is 16.1. The molecule has 1 N–H and O–H groups in total. The van der Waals surface area contributed by atoms with Gasteiger partial charge in [-0.2, -0.15) is 0 Å². The molecule has 0 aliphatic carbocycles. The molecular weight excluding hydrogens is 362 g/mol. The Hall–Kier alpha value is -2.11. The first-order valence-electron chi connectivity index (χ1n) is 9.32. The predicted octanol–water partition coefficient (Wildman–Crippen LogP) is 3.93. The number of pyridine rings is 1. The maximum Gasteiger partial charge on any atom is 0.253 e. The van der Waals surface area contributed by atoms with Gasteiger partial charge in [0.15, 0.2) is 0 Å². The third-order valence-electron chi connectivity index (χ3n) is 4.71. The number of aryl methyl sites for hydroxylation is 1. The SMILES string of the molecule is Cc1cc(N2CCOCC2)nc(C(C)C)c1C(=O)NCc1ccc(Cl)cc1. The summed E-state index contributed by atoms with van der Waals surface area (Å²) in [5.41, 5.74) is 3.47. The molecule has 1 saturated heterocycles. The molecular formula is C21H26ClN3O2. The van der Waals surface area contributed by atoms with Gasteiger partial charge in [0, 0.05) is 24.7 Å². The Labute approximate surface area is 165 Å². The van der Waals surface area contributed by atoms with Gasteiger partial charge in [-0.1, -0.05) is 37.6 Å². The van der Waals surface area contributed by atoms with Crippen molar-refractivity contribution in [1.82, 2.24) is 10.3 Å². The largest absolute Gasteiger partial charge is 0.378 e. The number of rotatable bonds is 5. The molecule has 27 heavy (non-hydrogen) atoms. The van der Waals surface area contributed by atoms with Crippen molar-refractivity contribution >= 4 is 23.3 Å². The molecule has 0 atom stereocenters. The Balaban J connectivity index is 1.82. The van der Waals surface area contributed by atoms with E-state index in [1.54, 1.807) is 0 Å². The Morgan fingerprint density at radius 3 is 2.56 bits per heavy atom. The third-order valence-corrected chi connectivity index (χ3v) is 4.96. The summed E-state index contributed by atoms with van der Waals surface area (Å²) in [6, 6.07) is 9.49. The predicted molar refractivity (Wildman–Crippen MR) is 109 cm³/mol. The molecule has 1 aromatic heterocycles. The van der Waals surface area contributed by atoms with Crippen molar-refractivity contribution in [2.45, 2.75) is 33.2 Å². The number of carbonyl (C=O) groups is 1. The molecule has 0 radical (unpaired) electrons. The Kier molecular flexibility index (Phi) is 6.34. The first-order valence-corrected chi connectivity index (χ1v) is 9.70. The molecule has 0 spiro atoms. The second-order valence-corrected chi connectivity index (χ2v) is 7.56. The number of aromatic nitrogens is 1. The second kappa shape index (κ2) is 8.72. The van der Waals surface area contributed by atoms with Crippen LogP contribution in [0.5, 0.6) is 0 Å². The lowest BCUT2D eigenvalue weighted by Gasteiger charge is -2.29. The summed E-state index contributed by atoms with van der Waals surface area (Å²) >= 11 is 5.92. The van der Waals surface area contributed by atoms with Gasteiger partial charge in [-0.15, -0.1) is 0 Å². The van der Waals surface area contributed by atoms with Gasteiger partial charge in [0.2, 0.25) is 0 Å². The van der Waals surface area contributed by atoms with Crippen LogP contribution in [0.15, 0.2) is 30.3 Å². The molecule has 5 nitrogen and oxygen atoms in total. The molecule has 3 rings (SSSR count). The van der Waals surface area contributed by atoms with Crippen molar-refractivity contribution < 1.29 is 9.53 Å². The molecule has 1 amide bonds. The Morgan fingerprint density at radius 1 is 1.26 bits per heavy atom. The summed E-state index contributed by atoms with van der Waals surface area (Å²) in [6.45, 7) is 9.65. The van der Waals surface area contributed by atoms with E-state index in [-0.39, 0.29) is 11.8 Å². The zero-order chi connectivity index (χ0) is 19.4. The number of nitrogens with zero attached hydrogens (tertiary/aromatic N) is 2. The van der Waals surface area contributed by atoms with Gasteiger partial charge in [0.25, 0.3) is 5.91 Å². The monoisotopic (exact) mass is 387 g/mol. The number of ether oxygens (including phenoxy) is 1.